The van der Waals surface area contributed by atoms with E-state index < -0.39 is 0 Å². The van der Waals surface area contributed by atoms with E-state index in [1.807, 2.05) is 13.1 Å². The van der Waals surface area contributed by atoms with Crippen molar-refractivity contribution in [1.82, 2.24) is 20.3 Å². The molecule has 8 nitrogen and oxygen atoms in total. The van der Waals surface area contributed by atoms with Crippen molar-refractivity contribution in [3.63, 3.8) is 0 Å². The van der Waals surface area contributed by atoms with Crippen LogP contribution < -0.4 is 10.1 Å². The second-order valence-corrected chi connectivity index (χ2v) is 5.50. The van der Waals surface area contributed by atoms with Gasteiger partial charge in [-0.1, -0.05) is 5.16 Å². The fourth-order valence-electron chi connectivity index (χ4n) is 2.59. The smallest absolute Gasteiger partial charge is 0.257 e. The number of aromatic nitrogens is 3. The van der Waals surface area contributed by atoms with Crippen molar-refractivity contribution in [3.05, 3.63) is 29.4 Å². The third kappa shape index (κ3) is 3.21. The van der Waals surface area contributed by atoms with Gasteiger partial charge in [-0.3, -0.25) is 9.48 Å². The highest BCUT2D eigenvalue weighted by atomic mass is 16.5. The van der Waals surface area contributed by atoms with Gasteiger partial charge in [0.25, 0.3) is 5.91 Å². The van der Waals surface area contributed by atoms with Gasteiger partial charge >= 0.3 is 0 Å². The van der Waals surface area contributed by atoms with E-state index in [9.17, 15) is 4.79 Å². The van der Waals surface area contributed by atoms with Crippen LogP contribution in [0.2, 0.25) is 0 Å². The summed E-state index contributed by atoms with van der Waals surface area (Å²) in [5, 5.41) is 10.9. The van der Waals surface area contributed by atoms with E-state index in [1.54, 1.807) is 24.7 Å². The Morgan fingerprint density at radius 3 is 2.96 bits per heavy atom. The van der Waals surface area contributed by atoms with E-state index in [0.29, 0.717) is 36.0 Å². The Hall–Kier alpha value is -2.35. The molecule has 0 spiro atoms. The molecule has 8 heteroatoms. The van der Waals surface area contributed by atoms with Gasteiger partial charge in [0.2, 0.25) is 0 Å². The highest BCUT2D eigenvalue weighted by molar-refractivity contribution is 5.96. The zero-order chi connectivity index (χ0) is 16.4. The van der Waals surface area contributed by atoms with E-state index in [0.717, 1.165) is 6.54 Å². The standard InChI is InChI=1S/C15H20N4O4/c1-4-19-6-11(5-16-19)22-13-8-21-7-12(13)17-15(20)14-9(2)18-23-10(14)3/h5-6,12-13H,4,7-8H2,1-3H3,(H,17,20)/t12-,13+/m0/s1. The van der Waals surface area contributed by atoms with Gasteiger partial charge in [-0.15, -0.1) is 0 Å². The van der Waals surface area contributed by atoms with Crippen LogP contribution in [0.5, 0.6) is 5.75 Å². The molecule has 1 amide bonds. The maximum Gasteiger partial charge on any atom is 0.257 e. The minimum absolute atomic E-state index is 0.227. The van der Waals surface area contributed by atoms with Crippen LogP contribution in [0.25, 0.3) is 0 Å². The van der Waals surface area contributed by atoms with Crippen molar-refractivity contribution in [2.45, 2.75) is 39.5 Å². The Kier molecular flexibility index (Phi) is 4.33. The van der Waals surface area contributed by atoms with Crippen molar-refractivity contribution in [1.29, 1.82) is 0 Å². The number of hydrogen-bond acceptors (Lipinski definition) is 6. The second kappa shape index (κ2) is 6.41. The molecule has 0 aliphatic carbocycles. The van der Waals surface area contributed by atoms with Crippen molar-refractivity contribution in [3.8, 4) is 5.75 Å². The molecule has 0 unspecified atom stereocenters. The number of ether oxygens (including phenoxy) is 2. The minimum Gasteiger partial charge on any atom is -0.482 e. The number of hydrogen-bond donors (Lipinski definition) is 1. The molecule has 23 heavy (non-hydrogen) atoms. The van der Waals surface area contributed by atoms with Crippen molar-refractivity contribution >= 4 is 5.91 Å². The molecule has 3 heterocycles. The lowest BCUT2D eigenvalue weighted by atomic mass is 10.1. The molecule has 0 saturated carbocycles. The molecule has 1 N–H and O–H groups in total. The van der Waals surface area contributed by atoms with Crippen molar-refractivity contribution < 1.29 is 18.8 Å². The van der Waals surface area contributed by atoms with Crippen LogP contribution in [-0.2, 0) is 11.3 Å². The molecule has 2 aromatic heterocycles. The van der Waals surface area contributed by atoms with Gasteiger partial charge in [0.15, 0.2) is 5.75 Å². The Morgan fingerprint density at radius 1 is 1.48 bits per heavy atom. The summed E-state index contributed by atoms with van der Waals surface area (Å²) in [6.45, 7) is 7.06. The summed E-state index contributed by atoms with van der Waals surface area (Å²) in [7, 11) is 0. The third-order valence-corrected chi connectivity index (χ3v) is 3.83. The largest absolute Gasteiger partial charge is 0.482 e. The molecule has 124 valence electrons. The monoisotopic (exact) mass is 320 g/mol. The molecule has 1 saturated heterocycles. The molecule has 0 bridgehead atoms. The molecule has 1 aliphatic heterocycles. The summed E-state index contributed by atoms with van der Waals surface area (Å²) < 4.78 is 18.1. The first-order chi connectivity index (χ1) is 11.1. The Balaban J connectivity index is 1.66. The fraction of sp³-hybridized carbons (Fsp3) is 0.533. The summed E-state index contributed by atoms with van der Waals surface area (Å²) in [5.41, 5.74) is 1.04. The number of rotatable bonds is 5. The summed E-state index contributed by atoms with van der Waals surface area (Å²) in [4.78, 5) is 12.4. The average molecular weight is 320 g/mol. The molecule has 3 rings (SSSR count). The second-order valence-electron chi connectivity index (χ2n) is 5.50. The van der Waals surface area contributed by atoms with Gasteiger partial charge in [-0.2, -0.15) is 5.10 Å². The summed E-state index contributed by atoms with van der Waals surface area (Å²) in [6, 6.07) is -0.235. The van der Waals surface area contributed by atoms with Crippen LogP contribution in [0, 0.1) is 13.8 Å². The average Bonchev–Trinajstić information content (AvgIpc) is 3.22. The maximum absolute atomic E-state index is 12.4. The molecule has 0 aromatic carbocycles. The highest BCUT2D eigenvalue weighted by Gasteiger charge is 2.33. The van der Waals surface area contributed by atoms with Crippen molar-refractivity contribution in [2.24, 2.45) is 0 Å². The molecular formula is C15H20N4O4. The number of amides is 1. The van der Waals surface area contributed by atoms with Gasteiger partial charge < -0.3 is 19.3 Å². The normalized spacial score (nSPS) is 20.7. The van der Waals surface area contributed by atoms with E-state index in [1.165, 1.54) is 0 Å². The number of carbonyl (C=O) groups excluding carboxylic acids is 1. The lowest BCUT2D eigenvalue weighted by Gasteiger charge is -2.19. The Labute approximate surface area is 133 Å². The number of aryl methyl sites for hydroxylation is 3. The van der Waals surface area contributed by atoms with Crippen LogP contribution in [0.15, 0.2) is 16.9 Å². The number of nitrogens with one attached hydrogen (secondary N) is 1. The zero-order valence-electron chi connectivity index (χ0n) is 13.4. The maximum atomic E-state index is 12.4. The number of carbonyl (C=O) groups is 1. The first-order valence-electron chi connectivity index (χ1n) is 7.59. The van der Waals surface area contributed by atoms with Gasteiger partial charge in [0, 0.05) is 6.54 Å². The first kappa shape index (κ1) is 15.5. The first-order valence-corrected chi connectivity index (χ1v) is 7.59. The zero-order valence-corrected chi connectivity index (χ0v) is 13.4. The Bertz CT molecular complexity index is 674. The van der Waals surface area contributed by atoms with Gasteiger partial charge in [-0.05, 0) is 20.8 Å². The Morgan fingerprint density at radius 2 is 2.30 bits per heavy atom. The summed E-state index contributed by atoms with van der Waals surface area (Å²) in [6.07, 6.45) is 3.23. The van der Waals surface area contributed by atoms with E-state index in [-0.39, 0.29) is 18.1 Å². The van der Waals surface area contributed by atoms with Crippen LogP contribution in [0.4, 0.5) is 0 Å². The van der Waals surface area contributed by atoms with Crippen LogP contribution in [0.3, 0.4) is 0 Å². The molecule has 1 aliphatic rings. The minimum atomic E-state index is -0.256. The topological polar surface area (TPSA) is 91.4 Å². The fourth-order valence-corrected chi connectivity index (χ4v) is 2.59. The van der Waals surface area contributed by atoms with E-state index in [4.69, 9.17) is 14.0 Å². The van der Waals surface area contributed by atoms with Crippen LogP contribution in [0.1, 0.15) is 28.7 Å². The molecule has 2 atom stereocenters. The van der Waals surface area contributed by atoms with Crippen molar-refractivity contribution in [2.75, 3.05) is 13.2 Å². The van der Waals surface area contributed by atoms with E-state index >= 15 is 0 Å². The van der Waals surface area contributed by atoms with Crippen LogP contribution in [-0.4, -0.2) is 46.2 Å². The molecule has 0 radical (unpaired) electrons. The molecule has 2 aromatic rings. The predicted octanol–water partition coefficient (Wildman–Crippen LogP) is 1.08. The highest BCUT2D eigenvalue weighted by Crippen LogP contribution is 2.18. The molecule has 1 fully saturated rings. The number of nitrogens with zero attached hydrogens (tertiary/aromatic N) is 3. The van der Waals surface area contributed by atoms with E-state index in [2.05, 4.69) is 15.6 Å². The summed E-state index contributed by atoms with van der Waals surface area (Å²) in [5.74, 6) is 0.939. The third-order valence-electron chi connectivity index (χ3n) is 3.83. The van der Waals surface area contributed by atoms with Gasteiger partial charge in [0.05, 0.1) is 37.3 Å². The quantitative estimate of drug-likeness (QED) is 0.886. The molecular weight excluding hydrogens is 300 g/mol. The lowest BCUT2D eigenvalue weighted by Crippen LogP contribution is -2.45. The van der Waals surface area contributed by atoms with Gasteiger partial charge in [-0.25, -0.2) is 0 Å². The summed E-state index contributed by atoms with van der Waals surface area (Å²) >= 11 is 0. The lowest BCUT2D eigenvalue weighted by molar-refractivity contribution is 0.0902. The van der Waals surface area contributed by atoms with Crippen LogP contribution >= 0.6 is 0 Å². The predicted molar refractivity (Wildman–Crippen MR) is 80.4 cm³/mol. The van der Waals surface area contributed by atoms with Gasteiger partial charge in [0.1, 0.15) is 17.4 Å². The SMILES string of the molecule is CCn1cc(O[C@@H]2COC[C@@H]2NC(=O)c2c(C)noc2C)cn1.